The first-order chi connectivity index (χ1) is 20.2. The number of benzene rings is 2. The zero-order chi connectivity index (χ0) is 30.2. The number of H-pyrrole nitrogens is 1. The van der Waals surface area contributed by atoms with Gasteiger partial charge in [0.15, 0.2) is 0 Å². The number of carboxylic acid groups (broad SMARTS) is 1. The first kappa shape index (κ1) is 30.6. The lowest BCUT2D eigenvalue weighted by atomic mass is 9.97. The van der Waals surface area contributed by atoms with Crippen LogP contribution < -0.4 is 21.3 Å². The number of nitrogens with one attached hydrogen (secondary N) is 5. The number of rotatable bonds is 13. The van der Waals surface area contributed by atoms with Crippen LogP contribution in [0.5, 0.6) is 5.75 Å². The van der Waals surface area contributed by atoms with Crippen molar-refractivity contribution in [2.75, 3.05) is 6.54 Å². The van der Waals surface area contributed by atoms with Crippen molar-refractivity contribution in [1.82, 2.24) is 26.3 Å². The molecule has 0 aliphatic carbocycles. The Hall–Kier alpha value is -4.38. The molecule has 1 aliphatic heterocycles. The van der Waals surface area contributed by atoms with E-state index in [1.807, 2.05) is 31.2 Å². The predicted molar refractivity (Wildman–Crippen MR) is 158 cm³/mol. The van der Waals surface area contributed by atoms with E-state index in [4.69, 9.17) is 0 Å². The molecule has 0 radical (unpaired) electrons. The molecule has 3 amide bonds. The number of amides is 3. The Bertz CT molecular complexity index is 1400. The molecule has 1 saturated heterocycles. The lowest BCUT2D eigenvalue weighted by Gasteiger charge is -2.26. The van der Waals surface area contributed by atoms with Crippen molar-refractivity contribution >= 4 is 34.6 Å². The average molecular weight is 578 g/mol. The van der Waals surface area contributed by atoms with Crippen LogP contribution in [0.2, 0.25) is 0 Å². The Balaban J connectivity index is 1.60. The second-order valence-electron chi connectivity index (χ2n) is 10.9. The van der Waals surface area contributed by atoms with Gasteiger partial charge in [0.25, 0.3) is 0 Å². The van der Waals surface area contributed by atoms with E-state index in [9.17, 15) is 29.4 Å². The van der Waals surface area contributed by atoms with Crippen LogP contribution in [-0.2, 0) is 32.0 Å². The third-order valence-corrected chi connectivity index (χ3v) is 7.89. The van der Waals surface area contributed by atoms with Gasteiger partial charge >= 0.3 is 5.97 Å². The Morgan fingerprint density at radius 2 is 1.64 bits per heavy atom. The molecular weight excluding hydrogens is 538 g/mol. The molecule has 1 aromatic heterocycles. The van der Waals surface area contributed by atoms with E-state index in [-0.39, 0.29) is 30.4 Å². The van der Waals surface area contributed by atoms with Crippen molar-refractivity contribution in [1.29, 1.82) is 0 Å². The molecule has 2 aromatic carbocycles. The summed E-state index contributed by atoms with van der Waals surface area (Å²) >= 11 is 0. The molecule has 42 heavy (non-hydrogen) atoms. The highest BCUT2D eigenvalue weighted by atomic mass is 16.4. The molecule has 11 heteroatoms. The average Bonchev–Trinajstić information content (AvgIpc) is 3.66. The molecule has 3 aromatic rings. The molecular formula is C31H39N5O6. The van der Waals surface area contributed by atoms with E-state index in [0.717, 1.165) is 22.9 Å². The van der Waals surface area contributed by atoms with Crippen LogP contribution in [0.3, 0.4) is 0 Å². The summed E-state index contributed by atoms with van der Waals surface area (Å²) in [5.74, 6) is -2.94. The molecule has 4 rings (SSSR count). The van der Waals surface area contributed by atoms with Crippen molar-refractivity contribution < 1.29 is 29.4 Å². The van der Waals surface area contributed by atoms with E-state index in [1.165, 1.54) is 12.1 Å². The van der Waals surface area contributed by atoms with Gasteiger partial charge in [-0.1, -0.05) is 50.6 Å². The topological polar surface area (TPSA) is 173 Å². The van der Waals surface area contributed by atoms with Crippen molar-refractivity contribution in [3.63, 3.8) is 0 Å². The summed E-state index contributed by atoms with van der Waals surface area (Å²) in [6.45, 7) is 4.29. The highest BCUT2D eigenvalue weighted by molar-refractivity contribution is 5.95. The van der Waals surface area contributed by atoms with Gasteiger partial charge in [-0.25, -0.2) is 4.79 Å². The maximum absolute atomic E-state index is 13.8. The SMILES string of the molecule is CCC(C)C(NC(=O)C(Cc1c[nH]c2ccccc12)NC(=O)C(Cc1ccc(O)cc1)NC(=O)C1CCCN1)C(=O)O. The summed E-state index contributed by atoms with van der Waals surface area (Å²) in [6.07, 6.45) is 4.02. The Morgan fingerprint density at radius 3 is 2.31 bits per heavy atom. The van der Waals surface area contributed by atoms with E-state index < -0.39 is 42.0 Å². The van der Waals surface area contributed by atoms with Crippen molar-refractivity contribution in [3.8, 4) is 5.75 Å². The van der Waals surface area contributed by atoms with Crippen molar-refractivity contribution in [2.45, 2.75) is 70.1 Å². The second-order valence-corrected chi connectivity index (χ2v) is 10.9. The smallest absolute Gasteiger partial charge is 0.326 e. The van der Waals surface area contributed by atoms with E-state index in [1.54, 1.807) is 25.3 Å². The van der Waals surface area contributed by atoms with Gasteiger partial charge in [-0.2, -0.15) is 0 Å². The minimum atomic E-state index is -1.16. The molecule has 0 spiro atoms. The second kappa shape index (κ2) is 14.0. The zero-order valence-corrected chi connectivity index (χ0v) is 23.9. The molecule has 224 valence electrons. The predicted octanol–water partition coefficient (Wildman–Crippen LogP) is 2.00. The van der Waals surface area contributed by atoms with E-state index >= 15 is 0 Å². The first-order valence-corrected chi connectivity index (χ1v) is 14.4. The minimum Gasteiger partial charge on any atom is -0.508 e. The van der Waals surface area contributed by atoms with Gasteiger partial charge in [-0.3, -0.25) is 14.4 Å². The van der Waals surface area contributed by atoms with E-state index in [0.29, 0.717) is 24.9 Å². The standard InChI is InChI=1S/C31H39N5O6/c1-3-18(2)27(31(41)42)36-30(40)26(16-20-17-33-23-8-5-4-7-22(20)23)35-29(39)25(15-19-10-12-21(37)13-11-19)34-28(38)24-9-6-14-32-24/h4-5,7-8,10-13,17-18,24-27,32-33,37H,3,6,9,14-16H2,1-2H3,(H,34,38)(H,35,39)(H,36,40)(H,41,42). The number of carbonyl (C=O) groups excluding carboxylic acids is 3. The maximum Gasteiger partial charge on any atom is 0.326 e. The third-order valence-electron chi connectivity index (χ3n) is 7.89. The molecule has 5 atom stereocenters. The first-order valence-electron chi connectivity index (χ1n) is 14.4. The number of aromatic amines is 1. The molecule has 0 saturated carbocycles. The third kappa shape index (κ3) is 7.67. The largest absolute Gasteiger partial charge is 0.508 e. The lowest BCUT2D eigenvalue weighted by Crippen LogP contribution is -2.58. The van der Waals surface area contributed by atoms with Crippen LogP contribution in [0.1, 0.15) is 44.2 Å². The Labute approximate surface area is 244 Å². The Kier molecular flexibility index (Phi) is 10.2. The maximum atomic E-state index is 13.8. The summed E-state index contributed by atoms with van der Waals surface area (Å²) in [5.41, 5.74) is 2.34. The van der Waals surface area contributed by atoms with Gasteiger partial charge in [0.05, 0.1) is 6.04 Å². The van der Waals surface area contributed by atoms with Crippen LogP contribution in [0.4, 0.5) is 0 Å². The Morgan fingerprint density at radius 1 is 0.952 bits per heavy atom. The number of aromatic hydroxyl groups is 1. The summed E-state index contributed by atoms with van der Waals surface area (Å²) in [4.78, 5) is 55.5. The molecule has 1 fully saturated rings. The zero-order valence-electron chi connectivity index (χ0n) is 23.9. The molecule has 11 nitrogen and oxygen atoms in total. The summed E-state index contributed by atoms with van der Waals surface area (Å²) < 4.78 is 0. The summed E-state index contributed by atoms with van der Waals surface area (Å²) in [6, 6.07) is 10.2. The summed E-state index contributed by atoms with van der Waals surface area (Å²) in [7, 11) is 0. The van der Waals surface area contributed by atoms with Crippen LogP contribution >= 0.6 is 0 Å². The number of fused-ring (bicyclic) bond motifs is 1. The van der Waals surface area contributed by atoms with Crippen LogP contribution in [0.15, 0.2) is 54.7 Å². The van der Waals surface area contributed by atoms with Crippen LogP contribution in [-0.4, -0.2) is 69.6 Å². The van der Waals surface area contributed by atoms with Crippen LogP contribution in [0, 0.1) is 5.92 Å². The van der Waals surface area contributed by atoms with Crippen LogP contribution in [0.25, 0.3) is 10.9 Å². The number of hydrogen-bond acceptors (Lipinski definition) is 6. The molecule has 2 heterocycles. The number of aliphatic carboxylic acids is 1. The number of aromatic nitrogens is 1. The molecule has 5 unspecified atom stereocenters. The van der Waals surface area contributed by atoms with Gasteiger partial charge in [-0.05, 0) is 54.6 Å². The fourth-order valence-corrected chi connectivity index (χ4v) is 5.20. The van der Waals surface area contributed by atoms with Gasteiger partial charge in [-0.15, -0.1) is 0 Å². The fourth-order valence-electron chi connectivity index (χ4n) is 5.20. The van der Waals surface area contributed by atoms with Crippen molar-refractivity contribution in [3.05, 3.63) is 65.9 Å². The number of carbonyl (C=O) groups is 4. The quantitative estimate of drug-likeness (QED) is 0.163. The summed E-state index contributed by atoms with van der Waals surface area (Å²) in [5, 5.41) is 31.7. The number of hydrogen-bond donors (Lipinski definition) is 7. The van der Waals surface area contributed by atoms with Crippen molar-refractivity contribution in [2.24, 2.45) is 5.92 Å². The monoisotopic (exact) mass is 577 g/mol. The molecule has 1 aliphatic rings. The number of para-hydroxylation sites is 1. The van der Waals surface area contributed by atoms with Gasteiger partial charge in [0.1, 0.15) is 23.9 Å². The fraction of sp³-hybridized carbons (Fsp3) is 0.419. The molecule has 0 bridgehead atoms. The van der Waals surface area contributed by atoms with Gasteiger partial charge < -0.3 is 36.5 Å². The highest BCUT2D eigenvalue weighted by Gasteiger charge is 2.33. The van der Waals surface area contributed by atoms with Gasteiger partial charge in [0.2, 0.25) is 17.7 Å². The number of phenols is 1. The highest BCUT2D eigenvalue weighted by Crippen LogP contribution is 2.20. The number of carboxylic acids is 1. The van der Waals surface area contributed by atoms with E-state index in [2.05, 4.69) is 26.3 Å². The van der Waals surface area contributed by atoms with Gasteiger partial charge in [0, 0.05) is 29.9 Å². The lowest BCUT2D eigenvalue weighted by molar-refractivity contribution is -0.143. The molecule has 7 N–H and O–H groups in total. The minimum absolute atomic E-state index is 0.0729. The normalized spacial score (nSPS) is 17.6. The number of phenolic OH excluding ortho intramolecular Hbond substituents is 1.